The third-order valence-corrected chi connectivity index (χ3v) is 2.34. The Balaban J connectivity index is 2.34. The number of hydrogen-bond acceptors (Lipinski definition) is 4. The minimum Gasteiger partial charge on any atom is -0.369 e. The van der Waals surface area contributed by atoms with Gasteiger partial charge in [-0.05, 0) is 22.0 Å². The summed E-state index contributed by atoms with van der Waals surface area (Å²) in [6, 6.07) is 1.86. The number of nitrogens with zero attached hydrogens (tertiary/aromatic N) is 3. The first-order valence-electron chi connectivity index (χ1n) is 4.25. The van der Waals surface area contributed by atoms with E-state index in [9.17, 15) is 0 Å². The lowest BCUT2D eigenvalue weighted by atomic mass is 10.5. The lowest BCUT2D eigenvalue weighted by Gasteiger charge is -2.03. The van der Waals surface area contributed by atoms with Crippen LogP contribution in [-0.4, -0.2) is 27.7 Å². The zero-order valence-corrected chi connectivity index (χ0v) is 9.03. The van der Waals surface area contributed by atoms with E-state index in [1.165, 1.54) is 0 Å². The van der Waals surface area contributed by atoms with Crippen LogP contribution in [0.5, 0.6) is 0 Å². The van der Waals surface area contributed by atoms with Gasteiger partial charge in [-0.25, -0.2) is 9.50 Å². The topological polar surface area (TPSA) is 68.2 Å². The van der Waals surface area contributed by atoms with Gasteiger partial charge in [0.05, 0.1) is 10.7 Å². The normalized spacial score (nSPS) is 10.7. The van der Waals surface area contributed by atoms with Crippen LogP contribution in [0.4, 0.5) is 5.82 Å². The maximum absolute atomic E-state index is 5.38. The van der Waals surface area contributed by atoms with Crippen LogP contribution in [0.3, 0.4) is 0 Å². The number of hydrogen-bond donors (Lipinski definition) is 2. The number of aromatic nitrogens is 3. The monoisotopic (exact) mass is 255 g/mol. The molecule has 2 aromatic heterocycles. The average Bonchev–Trinajstić information content (AvgIpc) is 2.57. The summed E-state index contributed by atoms with van der Waals surface area (Å²) in [6.45, 7) is 1.31. The summed E-state index contributed by atoms with van der Waals surface area (Å²) in [5, 5.41) is 7.20. The van der Waals surface area contributed by atoms with Gasteiger partial charge in [0, 0.05) is 19.3 Å². The Morgan fingerprint density at radius 2 is 2.43 bits per heavy atom. The number of anilines is 1. The molecule has 0 atom stereocenters. The standard InChI is InChI=1S/C8H10BrN5/c9-6-5-12-14-4-1-7(11-3-2-10)13-8(6)14/h1,4-5H,2-3,10H2,(H,11,13). The maximum atomic E-state index is 5.38. The minimum absolute atomic E-state index is 0.591. The summed E-state index contributed by atoms with van der Waals surface area (Å²) in [7, 11) is 0. The summed E-state index contributed by atoms with van der Waals surface area (Å²) in [6.07, 6.45) is 3.57. The van der Waals surface area contributed by atoms with Gasteiger partial charge in [-0.1, -0.05) is 0 Å². The van der Waals surface area contributed by atoms with Crippen LogP contribution in [-0.2, 0) is 0 Å². The SMILES string of the molecule is NCCNc1ccn2ncc(Br)c2n1. The molecule has 0 saturated carbocycles. The van der Waals surface area contributed by atoms with E-state index in [4.69, 9.17) is 5.73 Å². The van der Waals surface area contributed by atoms with Gasteiger partial charge < -0.3 is 11.1 Å². The Hall–Kier alpha value is -1.14. The van der Waals surface area contributed by atoms with E-state index in [1.54, 1.807) is 10.7 Å². The lowest BCUT2D eigenvalue weighted by molar-refractivity contribution is 0.933. The molecule has 74 valence electrons. The molecule has 0 aliphatic heterocycles. The Bertz CT molecular complexity index is 438. The highest BCUT2D eigenvalue weighted by molar-refractivity contribution is 9.10. The molecule has 2 aromatic rings. The van der Waals surface area contributed by atoms with Gasteiger partial charge in [0.15, 0.2) is 5.65 Å². The zero-order valence-electron chi connectivity index (χ0n) is 7.44. The molecule has 0 saturated heterocycles. The molecule has 5 nitrogen and oxygen atoms in total. The van der Waals surface area contributed by atoms with Crippen molar-refractivity contribution in [1.29, 1.82) is 0 Å². The Morgan fingerprint density at radius 3 is 3.21 bits per heavy atom. The highest BCUT2D eigenvalue weighted by atomic mass is 79.9. The van der Waals surface area contributed by atoms with E-state index < -0.39 is 0 Å². The fraction of sp³-hybridized carbons (Fsp3) is 0.250. The molecule has 0 aliphatic rings. The van der Waals surface area contributed by atoms with Crippen molar-refractivity contribution in [3.8, 4) is 0 Å². The Morgan fingerprint density at radius 1 is 1.57 bits per heavy atom. The van der Waals surface area contributed by atoms with Gasteiger partial charge in [0.1, 0.15) is 5.82 Å². The summed E-state index contributed by atoms with van der Waals surface area (Å²) in [5.74, 6) is 0.809. The van der Waals surface area contributed by atoms with E-state index in [-0.39, 0.29) is 0 Å². The smallest absolute Gasteiger partial charge is 0.171 e. The second-order valence-corrected chi connectivity index (χ2v) is 3.64. The molecule has 0 spiro atoms. The van der Waals surface area contributed by atoms with Gasteiger partial charge in [-0.3, -0.25) is 0 Å². The second-order valence-electron chi connectivity index (χ2n) is 2.79. The molecule has 6 heteroatoms. The minimum atomic E-state index is 0.591. The van der Waals surface area contributed by atoms with Crippen molar-refractivity contribution in [1.82, 2.24) is 14.6 Å². The summed E-state index contributed by atoms with van der Waals surface area (Å²) >= 11 is 3.37. The van der Waals surface area contributed by atoms with Crippen LogP contribution >= 0.6 is 15.9 Å². The fourth-order valence-corrected chi connectivity index (χ4v) is 1.50. The summed E-state index contributed by atoms with van der Waals surface area (Å²) < 4.78 is 2.59. The molecular weight excluding hydrogens is 246 g/mol. The van der Waals surface area contributed by atoms with Crippen molar-refractivity contribution >= 4 is 27.4 Å². The van der Waals surface area contributed by atoms with Crippen molar-refractivity contribution in [2.45, 2.75) is 0 Å². The number of rotatable bonds is 3. The molecule has 0 bridgehead atoms. The van der Waals surface area contributed by atoms with Crippen molar-refractivity contribution in [3.63, 3.8) is 0 Å². The molecule has 0 unspecified atom stereocenters. The molecule has 0 aromatic carbocycles. The molecule has 0 aliphatic carbocycles. The predicted octanol–water partition coefficient (Wildman–Crippen LogP) is 0.862. The summed E-state index contributed by atoms with van der Waals surface area (Å²) in [5.41, 5.74) is 6.18. The molecule has 0 radical (unpaired) electrons. The number of nitrogens with two attached hydrogens (primary N) is 1. The van der Waals surface area contributed by atoms with Crippen LogP contribution < -0.4 is 11.1 Å². The highest BCUT2D eigenvalue weighted by Gasteiger charge is 2.02. The van der Waals surface area contributed by atoms with Crippen molar-refractivity contribution in [2.24, 2.45) is 5.73 Å². The van der Waals surface area contributed by atoms with Crippen molar-refractivity contribution in [2.75, 3.05) is 18.4 Å². The molecule has 3 N–H and O–H groups in total. The average molecular weight is 256 g/mol. The van der Waals surface area contributed by atoms with Crippen molar-refractivity contribution < 1.29 is 0 Å². The molecular formula is C8H10BrN5. The maximum Gasteiger partial charge on any atom is 0.171 e. The van der Waals surface area contributed by atoms with Crippen LogP contribution in [0.15, 0.2) is 22.9 Å². The Labute approximate surface area is 89.4 Å². The van der Waals surface area contributed by atoms with E-state index in [2.05, 4.69) is 31.3 Å². The van der Waals surface area contributed by atoms with E-state index >= 15 is 0 Å². The number of fused-ring (bicyclic) bond motifs is 1. The van der Waals surface area contributed by atoms with E-state index in [0.29, 0.717) is 6.54 Å². The van der Waals surface area contributed by atoms with Crippen LogP contribution in [0, 0.1) is 0 Å². The van der Waals surface area contributed by atoms with Crippen LogP contribution in [0.2, 0.25) is 0 Å². The Kier molecular flexibility index (Phi) is 2.64. The van der Waals surface area contributed by atoms with E-state index in [0.717, 1.165) is 22.5 Å². The molecule has 2 rings (SSSR count). The van der Waals surface area contributed by atoms with Gasteiger partial charge >= 0.3 is 0 Å². The first-order chi connectivity index (χ1) is 6.81. The first-order valence-corrected chi connectivity index (χ1v) is 5.04. The third kappa shape index (κ3) is 1.71. The van der Waals surface area contributed by atoms with Gasteiger partial charge in [0.25, 0.3) is 0 Å². The fourth-order valence-electron chi connectivity index (χ4n) is 1.14. The zero-order chi connectivity index (χ0) is 9.97. The van der Waals surface area contributed by atoms with Crippen LogP contribution in [0.25, 0.3) is 5.65 Å². The summed E-state index contributed by atoms with van der Waals surface area (Å²) in [4.78, 5) is 4.36. The highest BCUT2D eigenvalue weighted by Crippen LogP contribution is 2.16. The molecule has 0 fully saturated rings. The van der Waals surface area contributed by atoms with Gasteiger partial charge in [-0.15, -0.1) is 0 Å². The number of nitrogens with one attached hydrogen (secondary N) is 1. The van der Waals surface area contributed by atoms with E-state index in [1.807, 2.05) is 12.3 Å². The van der Waals surface area contributed by atoms with Crippen LogP contribution in [0.1, 0.15) is 0 Å². The number of halogens is 1. The lowest BCUT2D eigenvalue weighted by Crippen LogP contribution is -2.14. The largest absolute Gasteiger partial charge is 0.369 e. The van der Waals surface area contributed by atoms with Crippen molar-refractivity contribution in [3.05, 3.63) is 22.9 Å². The molecule has 0 amide bonds. The third-order valence-electron chi connectivity index (χ3n) is 1.78. The van der Waals surface area contributed by atoms with Gasteiger partial charge in [0.2, 0.25) is 0 Å². The van der Waals surface area contributed by atoms with Gasteiger partial charge in [-0.2, -0.15) is 5.10 Å². The predicted molar refractivity (Wildman–Crippen MR) is 58.2 cm³/mol. The second kappa shape index (κ2) is 3.93. The quantitative estimate of drug-likeness (QED) is 0.854. The molecule has 14 heavy (non-hydrogen) atoms. The molecule has 2 heterocycles. The first kappa shape index (κ1) is 9.42.